The van der Waals surface area contributed by atoms with Crippen LogP contribution in [-0.4, -0.2) is 29.4 Å². The van der Waals surface area contributed by atoms with Crippen LogP contribution in [0, 0.1) is 5.41 Å². The third kappa shape index (κ3) is 2.61. The lowest BCUT2D eigenvalue weighted by Crippen LogP contribution is -2.38. The molecule has 0 aliphatic rings. The van der Waals surface area contributed by atoms with Crippen molar-refractivity contribution in [2.24, 2.45) is 11.1 Å². The quantitative estimate of drug-likeness (QED) is 0.744. The van der Waals surface area contributed by atoms with E-state index < -0.39 is 5.41 Å². The van der Waals surface area contributed by atoms with Gasteiger partial charge in [0, 0.05) is 19.3 Å². The van der Waals surface area contributed by atoms with Crippen LogP contribution in [0.3, 0.4) is 0 Å². The minimum absolute atomic E-state index is 0.261. The number of esters is 1. The van der Waals surface area contributed by atoms with E-state index in [4.69, 9.17) is 10.5 Å². The van der Waals surface area contributed by atoms with Gasteiger partial charge in [-0.15, -0.1) is 0 Å². The zero-order chi connectivity index (χ0) is 12.2. The average molecular weight is 225 g/mol. The molecule has 5 heteroatoms. The first-order valence-electron chi connectivity index (χ1n) is 5.35. The number of nitrogens with zero attached hydrogens (tertiary/aromatic N) is 2. The first-order valence-corrected chi connectivity index (χ1v) is 5.35. The van der Waals surface area contributed by atoms with Crippen molar-refractivity contribution < 1.29 is 9.53 Å². The van der Waals surface area contributed by atoms with Crippen molar-refractivity contribution in [2.45, 2.75) is 26.8 Å². The second kappa shape index (κ2) is 5.12. The Morgan fingerprint density at radius 1 is 1.69 bits per heavy atom. The lowest BCUT2D eigenvalue weighted by atomic mass is 9.84. The molecule has 1 unspecified atom stereocenters. The van der Waals surface area contributed by atoms with Crippen LogP contribution < -0.4 is 5.73 Å². The van der Waals surface area contributed by atoms with Gasteiger partial charge in [0.1, 0.15) is 0 Å². The van der Waals surface area contributed by atoms with Crippen molar-refractivity contribution in [1.82, 2.24) is 9.78 Å². The predicted octanol–water partition coefficient (Wildman–Crippen LogP) is 0.583. The number of aromatic nitrogens is 2. The molecule has 0 bridgehead atoms. The van der Waals surface area contributed by atoms with Crippen LogP contribution in [0.25, 0.3) is 0 Å². The molecule has 0 amide bonds. The zero-order valence-corrected chi connectivity index (χ0v) is 10.1. The highest BCUT2D eigenvalue weighted by atomic mass is 16.5. The fourth-order valence-electron chi connectivity index (χ4n) is 1.60. The predicted molar refractivity (Wildman–Crippen MR) is 60.8 cm³/mol. The fourth-order valence-corrected chi connectivity index (χ4v) is 1.60. The van der Waals surface area contributed by atoms with E-state index in [1.54, 1.807) is 6.20 Å². The van der Waals surface area contributed by atoms with Gasteiger partial charge in [0.25, 0.3) is 0 Å². The lowest BCUT2D eigenvalue weighted by Gasteiger charge is -2.23. The van der Waals surface area contributed by atoms with E-state index >= 15 is 0 Å². The summed E-state index contributed by atoms with van der Waals surface area (Å²) in [5.74, 6) is -0.278. The Morgan fingerprint density at radius 3 is 2.81 bits per heavy atom. The minimum atomic E-state index is -0.670. The van der Waals surface area contributed by atoms with Crippen LogP contribution in [0.4, 0.5) is 0 Å². The van der Waals surface area contributed by atoms with Gasteiger partial charge < -0.3 is 10.5 Å². The molecule has 0 saturated carbocycles. The van der Waals surface area contributed by atoms with Crippen molar-refractivity contribution >= 4 is 5.97 Å². The Hall–Kier alpha value is -1.36. The van der Waals surface area contributed by atoms with Crippen molar-refractivity contribution in [3.63, 3.8) is 0 Å². The highest BCUT2D eigenvalue weighted by Gasteiger charge is 2.33. The van der Waals surface area contributed by atoms with E-state index in [0.717, 1.165) is 12.1 Å². The number of carbonyl (C=O) groups excluding carboxylic acids is 1. The Bertz CT molecular complexity index is 362. The standard InChI is InChI=1S/C11H19N3O2/c1-4-14-7-9(6-13-14)5-11(2,8-12)10(15)16-3/h6-7H,4-5,8,12H2,1-3H3. The normalized spacial score (nSPS) is 14.5. The van der Waals surface area contributed by atoms with E-state index in [1.165, 1.54) is 7.11 Å². The monoisotopic (exact) mass is 225 g/mol. The second-order valence-corrected chi connectivity index (χ2v) is 4.14. The molecule has 1 atom stereocenters. The van der Waals surface area contributed by atoms with Crippen LogP contribution in [-0.2, 0) is 22.5 Å². The minimum Gasteiger partial charge on any atom is -0.469 e. The molecule has 0 spiro atoms. The number of nitrogens with two attached hydrogens (primary N) is 1. The summed E-state index contributed by atoms with van der Waals surface area (Å²) in [5, 5.41) is 4.16. The molecule has 1 heterocycles. The Morgan fingerprint density at radius 2 is 2.38 bits per heavy atom. The Labute approximate surface area is 95.6 Å². The summed E-state index contributed by atoms with van der Waals surface area (Å²) in [7, 11) is 1.38. The van der Waals surface area contributed by atoms with Crippen LogP contribution in [0.1, 0.15) is 19.4 Å². The number of ether oxygens (including phenoxy) is 1. The van der Waals surface area contributed by atoms with E-state index in [-0.39, 0.29) is 12.5 Å². The van der Waals surface area contributed by atoms with Gasteiger partial charge in [-0.3, -0.25) is 9.48 Å². The first-order chi connectivity index (χ1) is 7.55. The largest absolute Gasteiger partial charge is 0.469 e. The summed E-state index contributed by atoms with van der Waals surface area (Å²) in [6.45, 7) is 4.90. The van der Waals surface area contributed by atoms with E-state index in [9.17, 15) is 4.79 Å². The van der Waals surface area contributed by atoms with Gasteiger partial charge in [-0.1, -0.05) is 0 Å². The van der Waals surface area contributed by atoms with Crippen molar-refractivity contribution in [1.29, 1.82) is 0 Å². The third-order valence-electron chi connectivity index (χ3n) is 2.73. The second-order valence-electron chi connectivity index (χ2n) is 4.14. The first kappa shape index (κ1) is 12.7. The summed E-state index contributed by atoms with van der Waals surface area (Å²) in [6.07, 6.45) is 4.24. The zero-order valence-electron chi connectivity index (χ0n) is 10.1. The van der Waals surface area contributed by atoms with Crippen molar-refractivity contribution in [3.05, 3.63) is 18.0 Å². The molecular weight excluding hydrogens is 206 g/mol. The van der Waals surface area contributed by atoms with E-state index in [2.05, 4.69) is 5.10 Å². The van der Waals surface area contributed by atoms with Gasteiger partial charge in [-0.2, -0.15) is 5.10 Å². The summed E-state index contributed by atoms with van der Waals surface area (Å²) in [6, 6.07) is 0. The molecule has 90 valence electrons. The molecule has 0 saturated heterocycles. The summed E-state index contributed by atoms with van der Waals surface area (Å²) >= 11 is 0. The molecule has 0 radical (unpaired) electrons. The van der Waals surface area contributed by atoms with Gasteiger partial charge >= 0.3 is 5.97 Å². The summed E-state index contributed by atoms with van der Waals surface area (Å²) in [4.78, 5) is 11.6. The SMILES string of the molecule is CCn1cc(CC(C)(CN)C(=O)OC)cn1. The highest BCUT2D eigenvalue weighted by molar-refractivity contribution is 5.76. The average Bonchev–Trinajstić information content (AvgIpc) is 2.75. The molecule has 16 heavy (non-hydrogen) atoms. The molecule has 0 aliphatic carbocycles. The van der Waals surface area contributed by atoms with Gasteiger partial charge in [0.05, 0.1) is 18.7 Å². The smallest absolute Gasteiger partial charge is 0.313 e. The van der Waals surface area contributed by atoms with Gasteiger partial charge in [-0.05, 0) is 25.8 Å². The lowest BCUT2D eigenvalue weighted by molar-refractivity contribution is -0.151. The van der Waals surface area contributed by atoms with Crippen LogP contribution in [0.2, 0.25) is 0 Å². The van der Waals surface area contributed by atoms with E-state index in [1.807, 2.05) is 24.7 Å². The fraction of sp³-hybridized carbons (Fsp3) is 0.636. The summed E-state index contributed by atoms with van der Waals surface area (Å²) < 4.78 is 6.59. The number of hydrogen-bond donors (Lipinski definition) is 1. The molecule has 5 nitrogen and oxygen atoms in total. The van der Waals surface area contributed by atoms with Gasteiger partial charge in [0.2, 0.25) is 0 Å². The molecule has 2 N–H and O–H groups in total. The van der Waals surface area contributed by atoms with Gasteiger partial charge in [0.15, 0.2) is 0 Å². The number of aryl methyl sites for hydroxylation is 1. The maximum atomic E-state index is 11.6. The van der Waals surface area contributed by atoms with Crippen molar-refractivity contribution in [2.75, 3.05) is 13.7 Å². The topological polar surface area (TPSA) is 70.1 Å². The Kier molecular flexibility index (Phi) is 4.06. The van der Waals surface area contributed by atoms with Crippen LogP contribution >= 0.6 is 0 Å². The molecule has 0 aliphatic heterocycles. The summed E-state index contributed by atoms with van der Waals surface area (Å²) in [5.41, 5.74) is 5.97. The number of methoxy groups -OCH3 is 1. The van der Waals surface area contributed by atoms with E-state index in [0.29, 0.717) is 6.42 Å². The molecule has 1 rings (SSSR count). The number of rotatable bonds is 5. The Balaban J connectivity index is 2.80. The van der Waals surface area contributed by atoms with Crippen LogP contribution in [0.15, 0.2) is 12.4 Å². The molecular formula is C11H19N3O2. The third-order valence-corrected chi connectivity index (χ3v) is 2.73. The molecule has 1 aromatic heterocycles. The molecule has 0 fully saturated rings. The van der Waals surface area contributed by atoms with Gasteiger partial charge in [-0.25, -0.2) is 0 Å². The molecule has 1 aromatic rings. The maximum Gasteiger partial charge on any atom is 0.313 e. The molecule has 0 aromatic carbocycles. The maximum absolute atomic E-state index is 11.6. The highest BCUT2D eigenvalue weighted by Crippen LogP contribution is 2.22. The van der Waals surface area contributed by atoms with Crippen molar-refractivity contribution in [3.8, 4) is 0 Å². The van der Waals surface area contributed by atoms with Crippen LogP contribution in [0.5, 0.6) is 0 Å². The number of carbonyl (C=O) groups is 1. The number of hydrogen-bond acceptors (Lipinski definition) is 4.